The number of aromatic nitrogens is 1. The standard InChI is InChI=1S/C15H27N3O2S2/c1-5-18-7-6-14(8-12(18)2)17(3)9-13-10-21-15(16-13)11-22(4,19)20/h10,12,14H,5-9,11H2,1-4H3/t12-,14-/m1/s1. The summed E-state index contributed by atoms with van der Waals surface area (Å²) in [4.78, 5) is 9.36. The van der Waals surface area contributed by atoms with Crippen molar-refractivity contribution in [2.24, 2.45) is 0 Å². The van der Waals surface area contributed by atoms with E-state index in [4.69, 9.17) is 0 Å². The SMILES string of the molecule is CCN1CC[C@@H](N(C)Cc2csc(CS(C)(=O)=O)n2)C[C@H]1C. The molecule has 0 amide bonds. The van der Waals surface area contributed by atoms with Gasteiger partial charge in [-0.1, -0.05) is 6.92 Å². The van der Waals surface area contributed by atoms with Crippen LogP contribution in [0.1, 0.15) is 37.4 Å². The van der Waals surface area contributed by atoms with Gasteiger partial charge in [0.15, 0.2) is 9.84 Å². The summed E-state index contributed by atoms with van der Waals surface area (Å²) < 4.78 is 22.7. The molecule has 1 saturated heterocycles. The molecule has 0 saturated carbocycles. The van der Waals surface area contributed by atoms with Crippen molar-refractivity contribution in [2.75, 3.05) is 26.4 Å². The van der Waals surface area contributed by atoms with Crippen LogP contribution in [0.2, 0.25) is 0 Å². The molecule has 2 atom stereocenters. The predicted octanol–water partition coefficient (Wildman–Crippen LogP) is 1.99. The van der Waals surface area contributed by atoms with Gasteiger partial charge in [-0.05, 0) is 39.9 Å². The van der Waals surface area contributed by atoms with Crippen LogP contribution in [0.25, 0.3) is 0 Å². The molecule has 5 nitrogen and oxygen atoms in total. The zero-order valence-electron chi connectivity index (χ0n) is 13.9. The Labute approximate surface area is 138 Å². The first-order valence-corrected chi connectivity index (χ1v) is 10.8. The highest BCUT2D eigenvalue weighted by atomic mass is 32.2. The van der Waals surface area contributed by atoms with Crippen molar-refractivity contribution >= 4 is 21.2 Å². The van der Waals surface area contributed by atoms with Crippen LogP contribution in [-0.2, 0) is 22.1 Å². The van der Waals surface area contributed by atoms with Gasteiger partial charge in [0.2, 0.25) is 0 Å². The van der Waals surface area contributed by atoms with E-state index in [1.54, 1.807) is 0 Å². The minimum Gasteiger partial charge on any atom is -0.301 e. The molecule has 1 aromatic rings. The smallest absolute Gasteiger partial charge is 0.153 e. The maximum atomic E-state index is 11.3. The van der Waals surface area contributed by atoms with Crippen LogP contribution in [0.15, 0.2) is 5.38 Å². The Kier molecular flexibility index (Phi) is 5.99. The maximum absolute atomic E-state index is 11.3. The second kappa shape index (κ2) is 7.38. The Morgan fingerprint density at radius 3 is 2.82 bits per heavy atom. The van der Waals surface area contributed by atoms with E-state index in [0.717, 1.165) is 25.3 Å². The van der Waals surface area contributed by atoms with Crippen molar-refractivity contribution < 1.29 is 8.42 Å². The summed E-state index contributed by atoms with van der Waals surface area (Å²) in [6, 6.07) is 1.21. The number of likely N-dealkylation sites (tertiary alicyclic amines) is 1. The lowest BCUT2D eigenvalue weighted by Crippen LogP contribution is -2.47. The Morgan fingerprint density at radius 1 is 1.50 bits per heavy atom. The van der Waals surface area contributed by atoms with Crippen molar-refractivity contribution in [1.82, 2.24) is 14.8 Å². The molecule has 0 N–H and O–H groups in total. The fourth-order valence-corrected chi connectivity index (χ4v) is 5.16. The van der Waals surface area contributed by atoms with Gasteiger partial charge in [0, 0.05) is 30.3 Å². The highest BCUT2D eigenvalue weighted by Gasteiger charge is 2.27. The molecular formula is C15H27N3O2S2. The number of nitrogens with zero attached hydrogens (tertiary/aromatic N) is 3. The molecule has 126 valence electrons. The lowest BCUT2D eigenvalue weighted by molar-refractivity contribution is 0.0858. The Balaban J connectivity index is 1.91. The average molecular weight is 346 g/mol. The van der Waals surface area contributed by atoms with E-state index in [1.165, 1.54) is 30.4 Å². The van der Waals surface area contributed by atoms with E-state index in [0.29, 0.717) is 17.1 Å². The zero-order chi connectivity index (χ0) is 16.3. The molecule has 1 aliphatic rings. The number of sulfone groups is 1. The summed E-state index contributed by atoms with van der Waals surface area (Å²) in [6.45, 7) is 7.60. The lowest BCUT2D eigenvalue weighted by atomic mass is 9.97. The van der Waals surface area contributed by atoms with Gasteiger partial charge in [-0.3, -0.25) is 4.90 Å². The molecule has 0 radical (unpaired) electrons. The van der Waals surface area contributed by atoms with E-state index in [2.05, 4.69) is 35.7 Å². The lowest BCUT2D eigenvalue weighted by Gasteiger charge is -2.40. The summed E-state index contributed by atoms with van der Waals surface area (Å²) in [5, 5.41) is 2.68. The fourth-order valence-electron chi connectivity index (χ4n) is 3.16. The second-order valence-electron chi connectivity index (χ2n) is 6.37. The van der Waals surface area contributed by atoms with Gasteiger partial charge >= 0.3 is 0 Å². The number of rotatable bonds is 6. The van der Waals surface area contributed by atoms with Gasteiger partial charge in [0.25, 0.3) is 0 Å². The predicted molar refractivity (Wildman–Crippen MR) is 91.9 cm³/mol. The quantitative estimate of drug-likeness (QED) is 0.789. The van der Waals surface area contributed by atoms with Gasteiger partial charge in [0.1, 0.15) is 10.8 Å². The summed E-state index contributed by atoms with van der Waals surface area (Å²) in [5.41, 5.74) is 0.983. The van der Waals surface area contributed by atoms with E-state index in [-0.39, 0.29) is 5.75 Å². The maximum Gasteiger partial charge on any atom is 0.153 e. The summed E-state index contributed by atoms with van der Waals surface area (Å²) in [7, 11) is -0.853. The van der Waals surface area contributed by atoms with Gasteiger partial charge in [-0.2, -0.15) is 0 Å². The fraction of sp³-hybridized carbons (Fsp3) is 0.800. The van der Waals surface area contributed by atoms with Crippen LogP contribution in [0.5, 0.6) is 0 Å². The molecule has 2 rings (SSSR count). The first-order chi connectivity index (χ1) is 10.3. The van der Waals surface area contributed by atoms with Crippen LogP contribution < -0.4 is 0 Å². The van der Waals surface area contributed by atoms with Gasteiger partial charge < -0.3 is 4.90 Å². The van der Waals surface area contributed by atoms with Crippen molar-refractivity contribution in [3.05, 3.63) is 16.1 Å². The molecule has 0 aliphatic carbocycles. The summed E-state index contributed by atoms with van der Waals surface area (Å²) >= 11 is 1.44. The molecule has 1 aliphatic heterocycles. The Morgan fingerprint density at radius 2 is 2.23 bits per heavy atom. The van der Waals surface area contributed by atoms with Crippen LogP contribution in [0, 0.1) is 0 Å². The Bertz CT molecular complexity index is 585. The normalized spacial score (nSPS) is 24.0. The number of hydrogen-bond acceptors (Lipinski definition) is 6. The van der Waals surface area contributed by atoms with Gasteiger partial charge in [-0.25, -0.2) is 13.4 Å². The molecule has 22 heavy (non-hydrogen) atoms. The van der Waals surface area contributed by atoms with Gasteiger partial charge in [-0.15, -0.1) is 11.3 Å². The molecule has 2 heterocycles. The topological polar surface area (TPSA) is 53.5 Å². The van der Waals surface area contributed by atoms with E-state index >= 15 is 0 Å². The molecule has 0 bridgehead atoms. The highest BCUT2D eigenvalue weighted by molar-refractivity contribution is 7.90. The molecule has 0 unspecified atom stereocenters. The van der Waals surface area contributed by atoms with E-state index in [9.17, 15) is 8.42 Å². The molecular weight excluding hydrogens is 318 g/mol. The number of hydrogen-bond donors (Lipinski definition) is 0. The summed E-state index contributed by atoms with van der Waals surface area (Å²) in [5.74, 6) is 0.0489. The summed E-state index contributed by atoms with van der Waals surface area (Å²) in [6.07, 6.45) is 3.63. The minimum atomic E-state index is -3.00. The molecule has 0 aromatic carbocycles. The monoisotopic (exact) mass is 345 g/mol. The zero-order valence-corrected chi connectivity index (χ0v) is 15.6. The molecule has 7 heteroatoms. The van der Waals surface area contributed by atoms with Crippen LogP contribution >= 0.6 is 11.3 Å². The van der Waals surface area contributed by atoms with Crippen LogP contribution in [0.3, 0.4) is 0 Å². The Hall–Kier alpha value is -0.500. The first kappa shape index (κ1) is 17.8. The van der Waals surface area contributed by atoms with Crippen molar-refractivity contribution in [1.29, 1.82) is 0 Å². The number of thiazole rings is 1. The third-order valence-corrected chi connectivity index (χ3v) is 6.29. The minimum absolute atomic E-state index is 0.0489. The van der Waals surface area contributed by atoms with E-state index in [1.807, 2.05) is 5.38 Å². The third kappa shape index (κ3) is 5.01. The van der Waals surface area contributed by atoms with Crippen molar-refractivity contribution in [3.63, 3.8) is 0 Å². The third-order valence-electron chi connectivity index (χ3n) is 4.41. The second-order valence-corrected chi connectivity index (χ2v) is 9.46. The average Bonchev–Trinajstić information content (AvgIpc) is 2.83. The van der Waals surface area contributed by atoms with Crippen LogP contribution in [-0.4, -0.2) is 61.7 Å². The highest BCUT2D eigenvalue weighted by Crippen LogP contribution is 2.22. The molecule has 1 aromatic heterocycles. The van der Waals surface area contributed by atoms with Gasteiger partial charge in [0.05, 0.1) is 5.69 Å². The molecule has 1 fully saturated rings. The number of piperidine rings is 1. The first-order valence-electron chi connectivity index (χ1n) is 7.83. The molecule has 0 spiro atoms. The van der Waals surface area contributed by atoms with Crippen molar-refractivity contribution in [3.8, 4) is 0 Å². The van der Waals surface area contributed by atoms with Crippen LogP contribution in [0.4, 0.5) is 0 Å². The van der Waals surface area contributed by atoms with Crippen molar-refractivity contribution in [2.45, 2.75) is 51.1 Å². The largest absolute Gasteiger partial charge is 0.301 e. The van der Waals surface area contributed by atoms with E-state index < -0.39 is 9.84 Å².